The SMILES string of the molecule is CS(=O)(=O)c1ccc(Oc2cc(-c3nc4nccnc4[nH]3)ccc2CN2CCCC2)cn1. The molecule has 1 fully saturated rings. The second kappa shape index (κ2) is 8.29. The third-order valence-corrected chi connectivity index (χ3v) is 6.38. The summed E-state index contributed by atoms with van der Waals surface area (Å²) in [6, 6.07) is 9.03. The number of hydrogen-bond donors (Lipinski definition) is 1. The highest BCUT2D eigenvalue weighted by Gasteiger charge is 2.17. The topological polar surface area (TPSA) is 114 Å². The molecular formula is C22H22N6O3S. The number of rotatable bonds is 6. The summed E-state index contributed by atoms with van der Waals surface area (Å²) in [5, 5.41) is 0.0122. The number of nitrogens with zero attached hydrogens (tertiary/aromatic N) is 5. The van der Waals surface area contributed by atoms with E-state index in [1.165, 1.54) is 25.1 Å². The van der Waals surface area contributed by atoms with Gasteiger partial charge in [-0.1, -0.05) is 12.1 Å². The highest BCUT2D eigenvalue weighted by molar-refractivity contribution is 7.90. The molecule has 0 unspecified atom stereocenters. The molecule has 1 N–H and O–H groups in total. The lowest BCUT2D eigenvalue weighted by molar-refractivity contribution is 0.325. The lowest BCUT2D eigenvalue weighted by Crippen LogP contribution is -2.18. The zero-order chi connectivity index (χ0) is 22.1. The first kappa shape index (κ1) is 20.5. The fourth-order valence-corrected chi connectivity index (χ4v) is 4.33. The summed E-state index contributed by atoms with van der Waals surface area (Å²) in [7, 11) is -3.37. The van der Waals surface area contributed by atoms with E-state index < -0.39 is 9.84 Å². The molecule has 0 bridgehead atoms. The Morgan fingerprint density at radius 1 is 1.06 bits per heavy atom. The van der Waals surface area contributed by atoms with E-state index >= 15 is 0 Å². The van der Waals surface area contributed by atoms with Crippen molar-refractivity contribution in [1.82, 2.24) is 29.8 Å². The number of aromatic amines is 1. The first-order valence-corrected chi connectivity index (χ1v) is 12.2. The van der Waals surface area contributed by atoms with Gasteiger partial charge in [-0.25, -0.2) is 28.4 Å². The second-order valence-electron chi connectivity index (χ2n) is 7.83. The molecule has 1 saturated heterocycles. The zero-order valence-corrected chi connectivity index (χ0v) is 18.3. The van der Waals surface area contributed by atoms with Crippen molar-refractivity contribution >= 4 is 21.1 Å². The third kappa shape index (κ3) is 4.32. The number of benzene rings is 1. The van der Waals surface area contributed by atoms with Gasteiger partial charge in [-0.15, -0.1) is 0 Å². The van der Waals surface area contributed by atoms with Crippen molar-refractivity contribution in [3.8, 4) is 22.9 Å². The lowest BCUT2D eigenvalue weighted by Gasteiger charge is -2.18. The van der Waals surface area contributed by atoms with Crippen molar-refractivity contribution in [3.63, 3.8) is 0 Å². The van der Waals surface area contributed by atoms with Crippen LogP contribution in [0.2, 0.25) is 0 Å². The van der Waals surface area contributed by atoms with Gasteiger partial charge in [0.2, 0.25) is 0 Å². The van der Waals surface area contributed by atoms with E-state index in [0.29, 0.717) is 28.6 Å². The number of ether oxygens (including phenoxy) is 1. The van der Waals surface area contributed by atoms with Gasteiger partial charge in [-0.3, -0.25) is 4.90 Å². The Kier molecular flexibility index (Phi) is 5.32. The molecule has 9 nitrogen and oxygen atoms in total. The van der Waals surface area contributed by atoms with Crippen LogP contribution in [-0.2, 0) is 16.4 Å². The lowest BCUT2D eigenvalue weighted by atomic mass is 10.1. The first-order chi connectivity index (χ1) is 15.5. The predicted octanol–water partition coefficient (Wildman–Crippen LogP) is 3.21. The normalized spacial score (nSPS) is 14.8. The van der Waals surface area contributed by atoms with Gasteiger partial charge in [0.1, 0.15) is 17.3 Å². The van der Waals surface area contributed by atoms with Crippen LogP contribution in [0.4, 0.5) is 0 Å². The Hall–Kier alpha value is -3.37. The summed E-state index contributed by atoms with van der Waals surface area (Å²) in [5.74, 6) is 1.78. The van der Waals surface area contributed by atoms with E-state index in [1.54, 1.807) is 18.5 Å². The van der Waals surface area contributed by atoms with Crippen LogP contribution in [0.1, 0.15) is 18.4 Å². The Bertz CT molecular complexity index is 1330. The summed E-state index contributed by atoms with van der Waals surface area (Å²) in [4.78, 5) is 22.6. The number of sulfone groups is 1. The summed E-state index contributed by atoms with van der Waals surface area (Å²) < 4.78 is 29.6. The van der Waals surface area contributed by atoms with Crippen molar-refractivity contribution < 1.29 is 13.2 Å². The molecule has 1 aliphatic heterocycles. The van der Waals surface area contributed by atoms with Gasteiger partial charge in [0.05, 0.1) is 6.20 Å². The number of likely N-dealkylation sites (tertiary alicyclic amines) is 1. The molecule has 1 aliphatic rings. The molecule has 32 heavy (non-hydrogen) atoms. The molecule has 10 heteroatoms. The van der Waals surface area contributed by atoms with Crippen LogP contribution in [-0.4, -0.2) is 57.6 Å². The number of aromatic nitrogens is 5. The number of nitrogens with one attached hydrogen (secondary N) is 1. The van der Waals surface area contributed by atoms with E-state index in [-0.39, 0.29) is 5.03 Å². The molecule has 4 heterocycles. The molecule has 0 aliphatic carbocycles. The van der Waals surface area contributed by atoms with E-state index in [1.807, 2.05) is 18.2 Å². The summed E-state index contributed by atoms with van der Waals surface area (Å²) in [6.07, 6.45) is 8.18. The van der Waals surface area contributed by atoms with Crippen LogP contribution in [0, 0.1) is 0 Å². The Labute approximate surface area is 185 Å². The molecule has 0 radical (unpaired) electrons. The van der Waals surface area contributed by atoms with Crippen LogP contribution in [0.5, 0.6) is 11.5 Å². The number of pyridine rings is 1. The van der Waals surface area contributed by atoms with Crippen LogP contribution < -0.4 is 4.74 Å². The Balaban J connectivity index is 1.50. The van der Waals surface area contributed by atoms with Crippen molar-refractivity contribution in [3.05, 3.63) is 54.5 Å². The fourth-order valence-electron chi connectivity index (χ4n) is 3.77. The second-order valence-corrected chi connectivity index (χ2v) is 9.79. The van der Waals surface area contributed by atoms with Crippen molar-refractivity contribution in [2.75, 3.05) is 19.3 Å². The van der Waals surface area contributed by atoms with E-state index in [9.17, 15) is 8.42 Å². The summed E-state index contributed by atoms with van der Waals surface area (Å²) in [5.41, 5.74) is 3.04. The van der Waals surface area contributed by atoms with Gasteiger partial charge in [0.25, 0.3) is 0 Å². The van der Waals surface area contributed by atoms with Gasteiger partial charge >= 0.3 is 0 Å². The third-order valence-electron chi connectivity index (χ3n) is 5.38. The summed E-state index contributed by atoms with van der Waals surface area (Å²) >= 11 is 0. The van der Waals surface area contributed by atoms with Gasteiger partial charge in [-0.2, -0.15) is 0 Å². The van der Waals surface area contributed by atoms with Gasteiger partial charge in [0, 0.05) is 36.3 Å². The summed E-state index contributed by atoms with van der Waals surface area (Å²) in [6.45, 7) is 2.90. The quantitative estimate of drug-likeness (QED) is 0.476. The van der Waals surface area contributed by atoms with Crippen molar-refractivity contribution in [2.45, 2.75) is 24.4 Å². The minimum absolute atomic E-state index is 0.0122. The number of fused-ring (bicyclic) bond motifs is 1. The molecule has 164 valence electrons. The van der Waals surface area contributed by atoms with Gasteiger partial charge in [-0.05, 0) is 44.1 Å². The Morgan fingerprint density at radius 3 is 2.59 bits per heavy atom. The molecule has 0 atom stereocenters. The van der Waals surface area contributed by atoms with Crippen LogP contribution >= 0.6 is 0 Å². The maximum Gasteiger partial charge on any atom is 0.197 e. The Morgan fingerprint density at radius 2 is 1.88 bits per heavy atom. The molecule has 5 rings (SSSR count). The molecule has 0 saturated carbocycles. The molecule has 0 amide bonds. The average molecular weight is 451 g/mol. The molecule has 1 aromatic carbocycles. The minimum Gasteiger partial charge on any atom is -0.455 e. The van der Waals surface area contributed by atoms with E-state index in [0.717, 1.165) is 37.0 Å². The smallest absolute Gasteiger partial charge is 0.197 e. The van der Waals surface area contributed by atoms with Crippen LogP contribution in [0.3, 0.4) is 0 Å². The fraction of sp³-hybridized carbons (Fsp3) is 0.273. The van der Waals surface area contributed by atoms with Gasteiger partial charge in [0.15, 0.2) is 26.2 Å². The average Bonchev–Trinajstić information content (AvgIpc) is 3.44. The predicted molar refractivity (Wildman–Crippen MR) is 119 cm³/mol. The van der Waals surface area contributed by atoms with E-state index in [4.69, 9.17) is 4.74 Å². The van der Waals surface area contributed by atoms with Crippen LogP contribution in [0.25, 0.3) is 22.7 Å². The number of hydrogen-bond acceptors (Lipinski definition) is 8. The maximum atomic E-state index is 11.7. The minimum atomic E-state index is -3.37. The molecular weight excluding hydrogens is 428 g/mol. The van der Waals surface area contributed by atoms with Crippen LogP contribution in [0.15, 0.2) is 53.9 Å². The number of imidazole rings is 1. The highest BCUT2D eigenvalue weighted by atomic mass is 32.2. The van der Waals surface area contributed by atoms with Crippen molar-refractivity contribution in [1.29, 1.82) is 0 Å². The molecule has 4 aromatic rings. The highest BCUT2D eigenvalue weighted by Crippen LogP contribution is 2.32. The molecule has 0 spiro atoms. The number of H-pyrrole nitrogens is 1. The van der Waals surface area contributed by atoms with E-state index in [2.05, 4.69) is 29.8 Å². The van der Waals surface area contributed by atoms with Crippen molar-refractivity contribution in [2.24, 2.45) is 0 Å². The zero-order valence-electron chi connectivity index (χ0n) is 17.5. The molecule has 3 aromatic heterocycles. The monoisotopic (exact) mass is 450 g/mol. The largest absolute Gasteiger partial charge is 0.455 e. The van der Waals surface area contributed by atoms with Gasteiger partial charge < -0.3 is 9.72 Å². The standard InChI is InChI=1S/C22H22N6O3S/c1-32(29,30)19-7-6-17(13-25-19)31-18-12-15(4-5-16(18)14-28-10-2-3-11-28)20-26-21-22(27-20)24-9-8-23-21/h4-9,12-13H,2-3,10-11,14H2,1H3,(H,23,24,26,27). The maximum absolute atomic E-state index is 11.7. The first-order valence-electron chi connectivity index (χ1n) is 10.3.